The molecule has 0 spiro atoms. The molecule has 1 heterocycles. The van der Waals surface area contributed by atoms with Gasteiger partial charge in [-0.25, -0.2) is 4.98 Å². The van der Waals surface area contributed by atoms with Crippen LogP contribution in [0, 0.1) is 6.07 Å². The van der Waals surface area contributed by atoms with Gasteiger partial charge in [-0.3, -0.25) is 4.79 Å². The van der Waals surface area contributed by atoms with E-state index in [9.17, 15) is 4.79 Å². The fraction of sp³-hybridized carbons (Fsp3) is 0.167. The number of benzene rings is 1. The highest BCUT2D eigenvalue weighted by Crippen LogP contribution is 2.23. The van der Waals surface area contributed by atoms with Gasteiger partial charge in [0.1, 0.15) is 10.7 Å². The van der Waals surface area contributed by atoms with Crippen LogP contribution in [0.5, 0.6) is 0 Å². The first-order chi connectivity index (χ1) is 7.68. The van der Waals surface area contributed by atoms with Crippen LogP contribution in [0.15, 0.2) is 29.6 Å². The van der Waals surface area contributed by atoms with E-state index in [1.54, 1.807) is 19.5 Å². The zero-order chi connectivity index (χ0) is 11.5. The Labute approximate surface area is 98.4 Å². The number of thiazole rings is 1. The highest BCUT2D eigenvalue weighted by atomic mass is 32.1. The first kappa shape index (κ1) is 10.8. The van der Waals surface area contributed by atoms with Crippen LogP contribution in [-0.2, 0) is 0 Å². The quantitative estimate of drug-likeness (QED) is 0.794. The van der Waals surface area contributed by atoms with Crippen LogP contribution in [0.2, 0.25) is 0 Å². The maximum Gasteiger partial charge on any atom is 0.272 e. The Bertz CT molecular complexity index is 491. The van der Waals surface area contributed by atoms with Crippen LogP contribution < -0.4 is 0 Å². The maximum absolute atomic E-state index is 11.7. The van der Waals surface area contributed by atoms with Crippen molar-refractivity contribution in [3.63, 3.8) is 0 Å². The lowest BCUT2D eigenvalue weighted by atomic mass is 10.2. The Morgan fingerprint density at radius 1 is 1.38 bits per heavy atom. The second-order valence-electron chi connectivity index (χ2n) is 3.53. The summed E-state index contributed by atoms with van der Waals surface area (Å²) in [5.41, 5.74) is 1.51. The predicted octanol–water partition coefficient (Wildman–Crippen LogP) is 2.31. The number of rotatable bonds is 2. The summed E-state index contributed by atoms with van der Waals surface area (Å²) < 4.78 is 0. The summed E-state index contributed by atoms with van der Waals surface area (Å²) in [5.74, 6) is -0.0648. The minimum atomic E-state index is -0.0648. The molecular weight excluding hydrogens is 220 g/mol. The normalized spacial score (nSPS) is 10.1. The van der Waals surface area contributed by atoms with Gasteiger partial charge in [0.25, 0.3) is 5.91 Å². The van der Waals surface area contributed by atoms with Crippen molar-refractivity contribution >= 4 is 17.2 Å². The maximum atomic E-state index is 11.7. The van der Waals surface area contributed by atoms with E-state index in [0.717, 1.165) is 10.6 Å². The van der Waals surface area contributed by atoms with Crippen LogP contribution in [0.3, 0.4) is 0 Å². The monoisotopic (exact) mass is 231 g/mol. The van der Waals surface area contributed by atoms with Gasteiger partial charge in [-0.2, -0.15) is 0 Å². The molecular formula is C12H11N2OS. The second kappa shape index (κ2) is 4.45. The van der Waals surface area contributed by atoms with Gasteiger partial charge in [0.2, 0.25) is 0 Å². The molecule has 3 nitrogen and oxygen atoms in total. The number of nitrogens with zero attached hydrogens (tertiary/aromatic N) is 2. The number of hydrogen-bond acceptors (Lipinski definition) is 3. The molecule has 1 aromatic carbocycles. The van der Waals surface area contributed by atoms with E-state index >= 15 is 0 Å². The second-order valence-corrected chi connectivity index (χ2v) is 4.38. The molecule has 1 radical (unpaired) electrons. The molecule has 2 rings (SSSR count). The van der Waals surface area contributed by atoms with E-state index in [0.29, 0.717) is 5.69 Å². The van der Waals surface area contributed by atoms with Crippen LogP contribution in [0.4, 0.5) is 0 Å². The summed E-state index contributed by atoms with van der Waals surface area (Å²) in [7, 11) is 3.44. The molecule has 0 N–H and O–H groups in total. The lowest BCUT2D eigenvalue weighted by molar-refractivity contribution is 0.0823. The lowest BCUT2D eigenvalue weighted by Crippen LogP contribution is -2.21. The average Bonchev–Trinajstić information content (AvgIpc) is 2.78. The summed E-state index contributed by atoms with van der Waals surface area (Å²) in [5, 5.41) is 2.65. The van der Waals surface area contributed by atoms with Crippen molar-refractivity contribution in [2.45, 2.75) is 0 Å². The molecule has 0 aliphatic heterocycles. The summed E-state index contributed by atoms with van der Waals surface area (Å²) in [4.78, 5) is 17.5. The van der Waals surface area contributed by atoms with E-state index in [-0.39, 0.29) is 5.91 Å². The van der Waals surface area contributed by atoms with Crippen LogP contribution in [0.1, 0.15) is 10.5 Å². The molecule has 16 heavy (non-hydrogen) atoms. The molecule has 2 aromatic rings. The molecule has 4 heteroatoms. The first-order valence-electron chi connectivity index (χ1n) is 4.82. The predicted molar refractivity (Wildman–Crippen MR) is 64.4 cm³/mol. The van der Waals surface area contributed by atoms with Crippen molar-refractivity contribution in [1.29, 1.82) is 0 Å². The summed E-state index contributed by atoms with van der Waals surface area (Å²) in [6.07, 6.45) is 0. The first-order valence-corrected chi connectivity index (χ1v) is 5.70. The van der Waals surface area contributed by atoms with E-state index in [1.165, 1.54) is 16.2 Å². The molecule has 0 aliphatic carbocycles. The number of hydrogen-bond donors (Lipinski definition) is 0. The molecule has 0 atom stereocenters. The Balaban J connectivity index is 2.30. The Kier molecular flexibility index (Phi) is 3.01. The number of aromatic nitrogens is 1. The Hall–Kier alpha value is -1.68. The average molecular weight is 231 g/mol. The SMILES string of the molecule is CN(C)C(=O)c1csc(-c2cc[c]cc2)n1. The molecule has 1 amide bonds. The third-order valence-electron chi connectivity index (χ3n) is 2.09. The third-order valence-corrected chi connectivity index (χ3v) is 2.99. The molecule has 0 aliphatic rings. The van der Waals surface area contributed by atoms with Crippen molar-refractivity contribution in [2.24, 2.45) is 0 Å². The molecule has 0 saturated carbocycles. The van der Waals surface area contributed by atoms with Gasteiger partial charge in [-0.05, 0) is 6.07 Å². The van der Waals surface area contributed by atoms with Crippen LogP contribution in [-0.4, -0.2) is 29.9 Å². The van der Waals surface area contributed by atoms with Gasteiger partial charge in [0.05, 0.1) is 0 Å². The molecule has 81 valence electrons. The standard InChI is InChI=1S/C12H11N2OS/c1-14(2)12(15)10-8-16-11(13-10)9-6-4-3-5-7-9/h4-8H,1-2H3. The van der Waals surface area contributed by atoms with Crippen molar-refractivity contribution < 1.29 is 4.79 Å². The molecule has 0 fully saturated rings. The van der Waals surface area contributed by atoms with Gasteiger partial charge >= 0.3 is 0 Å². The van der Waals surface area contributed by atoms with E-state index in [2.05, 4.69) is 11.1 Å². The summed E-state index contributed by atoms with van der Waals surface area (Å²) in [6.45, 7) is 0. The van der Waals surface area contributed by atoms with E-state index < -0.39 is 0 Å². The number of carbonyl (C=O) groups excluding carboxylic acids is 1. The Morgan fingerprint density at radius 3 is 2.69 bits per heavy atom. The largest absolute Gasteiger partial charge is 0.343 e. The molecule has 0 saturated heterocycles. The van der Waals surface area contributed by atoms with Crippen LogP contribution in [0.25, 0.3) is 10.6 Å². The van der Waals surface area contributed by atoms with Gasteiger partial charge < -0.3 is 4.90 Å². The van der Waals surface area contributed by atoms with Gasteiger partial charge in [-0.1, -0.05) is 24.3 Å². The van der Waals surface area contributed by atoms with E-state index in [1.807, 2.05) is 24.3 Å². The smallest absolute Gasteiger partial charge is 0.272 e. The fourth-order valence-electron chi connectivity index (χ4n) is 1.26. The zero-order valence-corrected chi connectivity index (χ0v) is 9.91. The van der Waals surface area contributed by atoms with Crippen LogP contribution >= 0.6 is 11.3 Å². The minimum Gasteiger partial charge on any atom is -0.343 e. The zero-order valence-electron chi connectivity index (χ0n) is 9.10. The lowest BCUT2D eigenvalue weighted by Gasteiger charge is -2.06. The van der Waals surface area contributed by atoms with E-state index in [4.69, 9.17) is 0 Å². The molecule has 0 bridgehead atoms. The van der Waals surface area contributed by atoms with Crippen molar-refractivity contribution in [3.05, 3.63) is 41.4 Å². The van der Waals surface area contributed by atoms with Gasteiger partial charge in [-0.15, -0.1) is 11.3 Å². The molecule has 1 aromatic heterocycles. The minimum absolute atomic E-state index is 0.0648. The highest BCUT2D eigenvalue weighted by molar-refractivity contribution is 7.13. The summed E-state index contributed by atoms with van der Waals surface area (Å²) >= 11 is 1.48. The summed E-state index contributed by atoms with van der Waals surface area (Å²) in [6, 6.07) is 10.5. The molecule has 0 unspecified atom stereocenters. The Morgan fingerprint density at radius 2 is 2.06 bits per heavy atom. The van der Waals surface area contributed by atoms with Gasteiger partial charge in [0, 0.05) is 25.0 Å². The van der Waals surface area contributed by atoms with Crippen molar-refractivity contribution in [2.75, 3.05) is 14.1 Å². The number of carbonyl (C=O) groups is 1. The third kappa shape index (κ3) is 2.12. The van der Waals surface area contributed by atoms with Crippen molar-refractivity contribution in [3.8, 4) is 10.6 Å². The fourth-order valence-corrected chi connectivity index (χ4v) is 2.06. The topological polar surface area (TPSA) is 33.2 Å². The highest BCUT2D eigenvalue weighted by Gasteiger charge is 2.12. The van der Waals surface area contributed by atoms with Crippen molar-refractivity contribution in [1.82, 2.24) is 9.88 Å². The number of amides is 1. The van der Waals surface area contributed by atoms with Gasteiger partial charge in [0.15, 0.2) is 0 Å².